The highest BCUT2D eigenvalue weighted by Gasteiger charge is 2.37. The van der Waals surface area contributed by atoms with Crippen LogP contribution in [0.3, 0.4) is 0 Å². The molecule has 1 saturated heterocycles. The largest absolute Gasteiger partial charge is 0.368 e. The Labute approximate surface area is 181 Å². The molecule has 2 aromatic carbocycles. The third kappa shape index (κ3) is 3.68. The number of carbonyl (C=O) groups excluding carboxylic acids is 2. The predicted molar refractivity (Wildman–Crippen MR) is 115 cm³/mol. The second-order valence-electron chi connectivity index (χ2n) is 8.28. The lowest BCUT2D eigenvalue weighted by Crippen LogP contribution is -2.52. The van der Waals surface area contributed by atoms with Crippen molar-refractivity contribution in [2.24, 2.45) is 5.92 Å². The number of anilines is 1. The molecule has 3 aliphatic rings. The van der Waals surface area contributed by atoms with E-state index in [0.717, 1.165) is 5.56 Å². The highest BCUT2D eigenvalue weighted by atomic mass is 32.2. The van der Waals surface area contributed by atoms with Gasteiger partial charge in [-0.15, -0.1) is 0 Å². The number of piperidine rings is 1. The third-order valence-electron chi connectivity index (χ3n) is 6.40. The first-order chi connectivity index (χ1) is 14.9. The van der Waals surface area contributed by atoms with Gasteiger partial charge in [0, 0.05) is 18.7 Å². The summed E-state index contributed by atoms with van der Waals surface area (Å²) in [6.45, 7) is 1.13. The molecule has 8 nitrogen and oxygen atoms in total. The number of carbonyl (C=O) groups is 2. The van der Waals surface area contributed by atoms with E-state index in [1.807, 2.05) is 29.2 Å². The summed E-state index contributed by atoms with van der Waals surface area (Å²) in [4.78, 5) is 27.0. The lowest BCUT2D eigenvalue weighted by molar-refractivity contribution is -0.133. The molecule has 0 aromatic heterocycles. The Morgan fingerprint density at radius 2 is 1.71 bits per heavy atom. The minimum Gasteiger partial charge on any atom is -0.368 e. The molecule has 31 heavy (non-hydrogen) atoms. The Hall–Kier alpha value is -2.91. The zero-order chi connectivity index (χ0) is 21.6. The number of rotatable bonds is 3. The number of benzene rings is 2. The minimum atomic E-state index is -3.55. The molecule has 2 aromatic rings. The molecule has 0 spiro atoms. The van der Waals surface area contributed by atoms with Gasteiger partial charge in [0.2, 0.25) is 15.9 Å². The average molecular weight is 441 g/mol. The maximum atomic E-state index is 12.9. The van der Waals surface area contributed by atoms with Crippen molar-refractivity contribution in [1.82, 2.24) is 14.9 Å². The van der Waals surface area contributed by atoms with Crippen molar-refractivity contribution in [3.63, 3.8) is 0 Å². The van der Waals surface area contributed by atoms with Gasteiger partial charge >= 0.3 is 0 Å². The van der Waals surface area contributed by atoms with Crippen LogP contribution in [0.5, 0.6) is 0 Å². The summed E-state index contributed by atoms with van der Waals surface area (Å²) in [6, 6.07) is 13.9. The molecule has 3 heterocycles. The van der Waals surface area contributed by atoms with Crippen LogP contribution >= 0.6 is 0 Å². The zero-order valence-corrected chi connectivity index (χ0v) is 17.7. The highest BCUT2D eigenvalue weighted by Crippen LogP contribution is 2.32. The topological polar surface area (TPSA) is 108 Å². The lowest BCUT2D eigenvalue weighted by atomic mass is 9.93. The van der Waals surface area contributed by atoms with Gasteiger partial charge in [-0.25, -0.2) is 8.42 Å². The van der Waals surface area contributed by atoms with Crippen LogP contribution in [0.2, 0.25) is 0 Å². The van der Waals surface area contributed by atoms with Crippen molar-refractivity contribution >= 4 is 27.5 Å². The number of amides is 2. The van der Waals surface area contributed by atoms with E-state index in [1.54, 1.807) is 24.3 Å². The molecule has 9 heteroatoms. The van der Waals surface area contributed by atoms with Crippen molar-refractivity contribution in [2.45, 2.75) is 36.4 Å². The van der Waals surface area contributed by atoms with Gasteiger partial charge in [-0.1, -0.05) is 30.3 Å². The highest BCUT2D eigenvalue weighted by molar-refractivity contribution is 7.89. The first-order valence-electron chi connectivity index (χ1n) is 10.5. The monoisotopic (exact) mass is 440 g/mol. The van der Waals surface area contributed by atoms with E-state index in [1.165, 1.54) is 0 Å². The number of hydrogen-bond acceptors (Lipinski definition) is 5. The van der Waals surface area contributed by atoms with E-state index in [0.29, 0.717) is 37.2 Å². The van der Waals surface area contributed by atoms with Crippen LogP contribution in [-0.2, 0) is 14.8 Å². The maximum Gasteiger partial charge on any atom is 0.252 e. The van der Waals surface area contributed by atoms with Crippen LogP contribution in [0.1, 0.15) is 41.2 Å². The summed E-state index contributed by atoms with van der Waals surface area (Å²) >= 11 is 0. The number of nitrogens with one attached hydrogen (secondary N) is 3. The number of hydrogen-bond donors (Lipinski definition) is 3. The van der Waals surface area contributed by atoms with E-state index in [4.69, 9.17) is 0 Å². The Kier molecular flexibility index (Phi) is 4.94. The van der Waals surface area contributed by atoms with E-state index < -0.39 is 16.2 Å². The number of likely N-dealkylation sites (tertiary alicyclic amines) is 1. The van der Waals surface area contributed by atoms with Crippen LogP contribution in [0.15, 0.2) is 53.4 Å². The maximum absolute atomic E-state index is 12.9. The first-order valence-corrected chi connectivity index (χ1v) is 12.0. The normalized spacial score (nSPS) is 24.6. The van der Waals surface area contributed by atoms with Crippen LogP contribution < -0.4 is 15.4 Å². The van der Waals surface area contributed by atoms with Gasteiger partial charge in [0.25, 0.3) is 5.91 Å². The Morgan fingerprint density at radius 3 is 2.52 bits per heavy atom. The zero-order valence-electron chi connectivity index (χ0n) is 16.9. The molecule has 2 atom stereocenters. The van der Waals surface area contributed by atoms with E-state index >= 15 is 0 Å². The van der Waals surface area contributed by atoms with Crippen molar-refractivity contribution in [3.8, 4) is 0 Å². The van der Waals surface area contributed by atoms with Crippen LogP contribution in [-0.4, -0.2) is 44.4 Å². The summed E-state index contributed by atoms with van der Waals surface area (Å²) in [5.74, 6) is -0.0508. The van der Waals surface area contributed by atoms with Gasteiger partial charge in [-0.3, -0.25) is 9.59 Å². The van der Waals surface area contributed by atoms with Gasteiger partial charge in [0.05, 0.1) is 24.3 Å². The Balaban J connectivity index is 1.21. The van der Waals surface area contributed by atoms with Gasteiger partial charge in [-0.05, 0) is 42.5 Å². The second-order valence-corrected chi connectivity index (χ2v) is 9.96. The number of fused-ring (bicyclic) bond motifs is 2. The molecular formula is C22H24N4O4S. The van der Waals surface area contributed by atoms with Crippen molar-refractivity contribution in [1.29, 1.82) is 0 Å². The molecule has 162 valence electrons. The van der Waals surface area contributed by atoms with Crippen LogP contribution in [0.25, 0.3) is 0 Å². The van der Waals surface area contributed by atoms with Crippen molar-refractivity contribution in [3.05, 3.63) is 59.7 Å². The van der Waals surface area contributed by atoms with Crippen LogP contribution in [0.4, 0.5) is 5.69 Å². The van der Waals surface area contributed by atoms with E-state index in [9.17, 15) is 18.0 Å². The smallest absolute Gasteiger partial charge is 0.252 e. The number of para-hydroxylation sites is 1. The molecule has 0 radical (unpaired) electrons. The lowest BCUT2D eigenvalue weighted by Gasteiger charge is -2.39. The second kappa shape index (κ2) is 7.65. The Morgan fingerprint density at radius 1 is 1.00 bits per heavy atom. The van der Waals surface area contributed by atoms with Gasteiger partial charge in [0.1, 0.15) is 4.90 Å². The quantitative estimate of drug-likeness (QED) is 0.675. The molecule has 5 rings (SSSR count). The molecule has 0 unspecified atom stereocenters. The van der Waals surface area contributed by atoms with Gasteiger partial charge < -0.3 is 15.5 Å². The number of nitrogens with zero attached hydrogens (tertiary/aromatic N) is 1. The molecule has 0 bridgehead atoms. The fourth-order valence-electron chi connectivity index (χ4n) is 4.73. The molecule has 0 saturated carbocycles. The predicted octanol–water partition coefficient (Wildman–Crippen LogP) is 1.83. The van der Waals surface area contributed by atoms with Gasteiger partial charge in [0.15, 0.2) is 0 Å². The first kappa shape index (κ1) is 20.0. The molecule has 3 aliphatic heterocycles. The summed E-state index contributed by atoms with van der Waals surface area (Å²) in [5.41, 5.74) is 2.12. The summed E-state index contributed by atoms with van der Waals surface area (Å²) in [6.07, 6.45) is 1.23. The van der Waals surface area contributed by atoms with Crippen LogP contribution in [0, 0.1) is 5.92 Å². The van der Waals surface area contributed by atoms with E-state index in [-0.39, 0.29) is 35.1 Å². The standard InChI is InChI=1S/C22H24N4O4S/c27-20(13-18-15-5-1-2-6-16(15)22(28)24-18)26-11-9-14(10-12-26)21-23-17-7-3-4-8-19(17)31(29,30)25-21/h1-8,14,18,21,23,25H,9-13H2,(H,24,28)/t18-,21-/m1/s1. The molecular weight excluding hydrogens is 416 g/mol. The summed E-state index contributed by atoms with van der Waals surface area (Å²) < 4.78 is 27.9. The van der Waals surface area contributed by atoms with Gasteiger partial charge in [-0.2, -0.15) is 4.72 Å². The fraction of sp³-hybridized carbons (Fsp3) is 0.364. The molecule has 0 aliphatic carbocycles. The SMILES string of the molecule is O=C1N[C@H](CC(=O)N2CCC([C@@H]3Nc4ccccc4S(=O)(=O)N3)CC2)c2ccccc21. The molecule has 1 fully saturated rings. The molecule has 3 N–H and O–H groups in total. The minimum absolute atomic E-state index is 0.00276. The third-order valence-corrected chi connectivity index (χ3v) is 7.90. The van der Waals surface area contributed by atoms with Crippen molar-refractivity contribution in [2.75, 3.05) is 18.4 Å². The molecule has 2 amide bonds. The van der Waals surface area contributed by atoms with E-state index in [2.05, 4.69) is 15.4 Å². The summed E-state index contributed by atoms with van der Waals surface area (Å²) in [7, 11) is -3.55. The fourth-order valence-corrected chi connectivity index (χ4v) is 6.12. The average Bonchev–Trinajstić information content (AvgIpc) is 3.09. The Bertz CT molecular complexity index is 1140. The summed E-state index contributed by atoms with van der Waals surface area (Å²) in [5, 5.41) is 6.19. The van der Waals surface area contributed by atoms with Crippen molar-refractivity contribution < 1.29 is 18.0 Å². The number of sulfonamides is 1.